The predicted octanol–water partition coefficient (Wildman–Crippen LogP) is 3.50. The Hall–Kier alpha value is -1.68. The molecule has 0 fully saturated rings. The molecule has 0 bridgehead atoms. The van der Waals surface area contributed by atoms with Crippen LogP contribution in [0.3, 0.4) is 0 Å². The molecule has 0 radical (unpaired) electrons. The minimum atomic E-state index is -0.0320. The van der Waals surface area contributed by atoms with Crippen LogP contribution in [0.4, 0.5) is 0 Å². The highest BCUT2D eigenvalue weighted by atomic mass is 15.3. The summed E-state index contributed by atoms with van der Waals surface area (Å²) in [6.45, 7) is 8.41. The second-order valence-corrected chi connectivity index (χ2v) is 5.75. The minimum absolute atomic E-state index is 0.0320. The first kappa shape index (κ1) is 15.7. The maximum absolute atomic E-state index is 6.34. The fraction of sp³-hybridized carbons (Fsp3) is 0.529. The van der Waals surface area contributed by atoms with Gasteiger partial charge in [0.25, 0.3) is 0 Å². The van der Waals surface area contributed by atoms with E-state index in [2.05, 4.69) is 53.0 Å². The van der Waals surface area contributed by atoms with Gasteiger partial charge in [-0.1, -0.05) is 13.8 Å². The van der Waals surface area contributed by atoms with Gasteiger partial charge in [0.2, 0.25) is 0 Å². The summed E-state index contributed by atoms with van der Waals surface area (Å²) in [4.78, 5) is 4.40. The number of rotatable bonds is 6. The summed E-state index contributed by atoms with van der Waals surface area (Å²) in [6.07, 6.45) is 5.04. The average Bonchev–Trinajstić information content (AvgIpc) is 2.87. The summed E-state index contributed by atoms with van der Waals surface area (Å²) in [6, 6.07) is 6.67. The molecule has 2 heterocycles. The molecule has 0 aliphatic carbocycles. The predicted molar refractivity (Wildman–Crippen MR) is 86.2 cm³/mol. The van der Waals surface area contributed by atoms with Crippen LogP contribution in [0, 0.1) is 13.8 Å². The Kier molecular flexibility index (Phi) is 5.12. The van der Waals surface area contributed by atoms with Crippen LogP contribution in [0.25, 0.3) is 0 Å². The summed E-state index contributed by atoms with van der Waals surface area (Å²) in [5.74, 6) is 0. The highest BCUT2D eigenvalue weighted by Crippen LogP contribution is 2.19. The third-order valence-electron chi connectivity index (χ3n) is 3.94. The molecule has 21 heavy (non-hydrogen) atoms. The molecule has 0 saturated heterocycles. The normalized spacial score (nSPS) is 12.9. The molecule has 0 spiro atoms. The Morgan fingerprint density at radius 3 is 2.33 bits per heavy atom. The minimum Gasteiger partial charge on any atom is -0.324 e. The van der Waals surface area contributed by atoms with Crippen LogP contribution in [-0.2, 0) is 6.42 Å². The molecule has 2 N–H and O–H groups in total. The maximum atomic E-state index is 6.34. The van der Waals surface area contributed by atoms with E-state index >= 15 is 0 Å². The molecule has 2 aromatic heterocycles. The van der Waals surface area contributed by atoms with Gasteiger partial charge in [-0.25, -0.2) is 0 Å². The van der Waals surface area contributed by atoms with E-state index in [9.17, 15) is 0 Å². The second-order valence-electron chi connectivity index (χ2n) is 5.75. The van der Waals surface area contributed by atoms with Gasteiger partial charge in [-0.15, -0.1) is 0 Å². The lowest BCUT2D eigenvalue weighted by molar-refractivity contribution is 0.424. The highest BCUT2D eigenvalue weighted by Gasteiger charge is 2.12. The van der Waals surface area contributed by atoms with E-state index in [1.165, 1.54) is 0 Å². The molecular weight excluding hydrogens is 260 g/mol. The van der Waals surface area contributed by atoms with Crippen LogP contribution in [-0.4, -0.2) is 14.8 Å². The zero-order valence-electron chi connectivity index (χ0n) is 13.5. The first-order valence-corrected chi connectivity index (χ1v) is 7.78. The van der Waals surface area contributed by atoms with Crippen LogP contribution in [0.15, 0.2) is 24.4 Å². The molecule has 1 atom stereocenters. The average molecular weight is 286 g/mol. The fourth-order valence-corrected chi connectivity index (χ4v) is 2.78. The van der Waals surface area contributed by atoms with Crippen molar-refractivity contribution < 1.29 is 0 Å². The summed E-state index contributed by atoms with van der Waals surface area (Å²) in [7, 11) is 0. The third kappa shape index (κ3) is 3.91. The zero-order valence-corrected chi connectivity index (χ0v) is 13.5. The summed E-state index contributed by atoms with van der Waals surface area (Å²) in [5.41, 5.74) is 10.6. The molecule has 4 nitrogen and oxygen atoms in total. The molecule has 2 rings (SSSR count). The Morgan fingerprint density at radius 1 is 1.14 bits per heavy atom. The topological polar surface area (TPSA) is 56.7 Å². The molecule has 1 unspecified atom stereocenters. The molecule has 4 heteroatoms. The number of nitrogens with two attached hydrogens (primary N) is 1. The monoisotopic (exact) mass is 286 g/mol. The van der Waals surface area contributed by atoms with Gasteiger partial charge in [0.15, 0.2) is 0 Å². The number of aryl methyl sites for hydroxylation is 2. The number of hydrogen-bond acceptors (Lipinski definition) is 3. The van der Waals surface area contributed by atoms with Gasteiger partial charge in [-0.3, -0.25) is 9.67 Å². The molecule has 0 aliphatic rings. The van der Waals surface area contributed by atoms with Crippen molar-refractivity contribution in [2.75, 3.05) is 0 Å². The Bertz CT molecular complexity index is 564. The van der Waals surface area contributed by atoms with Crippen molar-refractivity contribution in [2.24, 2.45) is 5.73 Å². The van der Waals surface area contributed by atoms with E-state index in [1.807, 2.05) is 13.8 Å². The van der Waals surface area contributed by atoms with Gasteiger partial charge in [0.1, 0.15) is 0 Å². The second kappa shape index (κ2) is 6.85. The number of pyridine rings is 1. The van der Waals surface area contributed by atoms with Crippen LogP contribution >= 0.6 is 0 Å². The van der Waals surface area contributed by atoms with Crippen molar-refractivity contribution in [3.05, 3.63) is 47.0 Å². The third-order valence-corrected chi connectivity index (χ3v) is 3.94. The number of aromatic nitrogens is 3. The lowest BCUT2D eigenvalue weighted by Crippen LogP contribution is -2.15. The highest BCUT2D eigenvalue weighted by molar-refractivity contribution is 5.24. The van der Waals surface area contributed by atoms with Crippen molar-refractivity contribution in [1.82, 2.24) is 14.8 Å². The molecule has 0 amide bonds. The lowest BCUT2D eigenvalue weighted by atomic mass is 10.0. The van der Waals surface area contributed by atoms with Gasteiger partial charge in [0.05, 0.1) is 11.7 Å². The van der Waals surface area contributed by atoms with Crippen molar-refractivity contribution in [1.29, 1.82) is 0 Å². The summed E-state index contributed by atoms with van der Waals surface area (Å²) in [5, 5.41) is 4.68. The van der Waals surface area contributed by atoms with E-state index in [-0.39, 0.29) is 6.04 Å². The number of hydrogen-bond donors (Lipinski definition) is 1. The molecule has 0 aliphatic heterocycles. The smallest absolute Gasteiger partial charge is 0.0643 e. The van der Waals surface area contributed by atoms with Crippen LogP contribution < -0.4 is 5.73 Å². The van der Waals surface area contributed by atoms with E-state index in [0.717, 1.165) is 41.9 Å². The van der Waals surface area contributed by atoms with Gasteiger partial charge < -0.3 is 5.73 Å². The molecule has 2 aromatic rings. The molecule has 0 saturated carbocycles. The maximum Gasteiger partial charge on any atom is 0.0643 e. The zero-order chi connectivity index (χ0) is 15.4. The Labute approximate surface area is 127 Å². The van der Waals surface area contributed by atoms with Crippen LogP contribution in [0.2, 0.25) is 0 Å². The van der Waals surface area contributed by atoms with Crippen molar-refractivity contribution in [3.8, 4) is 0 Å². The van der Waals surface area contributed by atoms with Crippen LogP contribution in [0.1, 0.15) is 61.4 Å². The van der Waals surface area contributed by atoms with Crippen LogP contribution in [0.5, 0.6) is 0 Å². The molecular formula is C17H26N4. The standard InChI is InChI=1S/C17H26N4/c1-5-16(6-2)21-8-7-15(20-21)11-17(18)14-9-12(3)19-13(4)10-14/h7-10,16-17H,5-6,11,18H2,1-4H3. The van der Waals surface area contributed by atoms with E-state index in [0.29, 0.717) is 6.04 Å². The first-order valence-electron chi connectivity index (χ1n) is 7.78. The van der Waals surface area contributed by atoms with Gasteiger partial charge in [-0.2, -0.15) is 5.10 Å². The Morgan fingerprint density at radius 2 is 1.76 bits per heavy atom. The Balaban J connectivity index is 2.10. The first-order chi connectivity index (χ1) is 10.0. The quantitative estimate of drug-likeness (QED) is 0.884. The van der Waals surface area contributed by atoms with Gasteiger partial charge >= 0.3 is 0 Å². The van der Waals surface area contributed by atoms with Crippen molar-refractivity contribution >= 4 is 0 Å². The van der Waals surface area contributed by atoms with Crippen molar-refractivity contribution in [3.63, 3.8) is 0 Å². The summed E-state index contributed by atoms with van der Waals surface area (Å²) >= 11 is 0. The van der Waals surface area contributed by atoms with Gasteiger partial charge in [0, 0.05) is 30.0 Å². The SMILES string of the molecule is CCC(CC)n1ccc(CC(N)c2cc(C)nc(C)c2)n1. The fourth-order valence-electron chi connectivity index (χ4n) is 2.78. The van der Waals surface area contributed by atoms with E-state index in [1.54, 1.807) is 0 Å². The van der Waals surface area contributed by atoms with E-state index in [4.69, 9.17) is 5.73 Å². The summed E-state index contributed by atoms with van der Waals surface area (Å²) < 4.78 is 2.07. The lowest BCUT2D eigenvalue weighted by Gasteiger charge is -2.14. The molecule has 114 valence electrons. The largest absolute Gasteiger partial charge is 0.324 e. The number of nitrogens with zero attached hydrogens (tertiary/aromatic N) is 3. The van der Waals surface area contributed by atoms with E-state index < -0.39 is 0 Å². The van der Waals surface area contributed by atoms with Crippen molar-refractivity contribution in [2.45, 2.75) is 59.0 Å². The molecule has 0 aromatic carbocycles. The van der Waals surface area contributed by atoms with Gasteiger partial charge in [-0.05, 0) is 50.5 Å².